The van der Waals surface area contributed by atoms with Crippen LogP contribution in [0.3, 0.4) is 0 Å². The van der Waals surface area contributed by atoms with Crippen LogP contribution in [0, 0.1) is 0 Å². The number of amides is 1. The number of aromatic hydroxyl groups is 1. The molecule has 1 aromatic heterocycles. The number of phenolic OH excluding ortho intramolecular Hbond substituents is 1. The summed E-state index contributed by atoms with van der Waals surface area (Å²) < 4.78 is 5.60. The molecule has 7 nitrogen and oxygen atoms in total. The van der Waals surface area contributed by atoms with E-state index in [4.69, 9.17) is 4.74 Å². The van der Waals surface area contributed by atoms with Crippen LogP contribution < -0.4 is 10.2 Å². The van der Waals surface area contributed by atoms with Crippen molar-refractivity contribution < 1.29 is 14.6 Å². The van der Waals surface area contributed by atoms with Gasteiger partial charge in [0, 0.05) is 5.56 Å². The van der Waals surface area contributed by atoms with E-state index in [2.05, 4.69) is 20.7 Å². The minimum absolute atomic E-state index is 0.174. The van der Waals surface area contributed by atoms with Gasteiger partial charge in [0.1, 0.15) is 17.2 Å². The molecular formula is C20H20N4O3. The average Bonchev–Trinajstić information content (AvgIpc) is 3.17. The van der Waals surface area contributed by atoms with Gasteiger partial charge in [0.2, 0.25) is 0 Å². The molecule has 3 aromatic rings. The normalized spacial score (nSPS) is 11.3. The van der Waals surface area contributed by atoms with Crippen LogP contribution in [0.4, 0.5) is 0 Å². The topological polar surface area (TPSA) is 99.6 Å². The highest BCUT2D eigenvalue weighted by molar-refractivity contribution is 6.00. The van der Waals surface area contributed by atoms with Gasteiger partial charge in [-0.1, -0.05) is 12.1 Å². The van der Waals surface area contributed by atoms with Crippen LogP contribution in [0.2, 0.25) is 0 Å². The minimum Gasteiger partial charge on any atom is -0.508 e. The van der Waals surface area contributed by atoms with Crippen LogP contribution in [0.25, 0.3) is 11.3 Å². The third kappa shape index (κ3) is 4.33. The van der Waals surface area contributed by atoms with Gasteiger partial charge in [-0.2, -0.15) is 10.2 Å². The number of hydrazone groups is 1. The van der Waals surface area contributed by atoms with Crippen LogP contribution in [0.5, 0.6) is 11.5 Å². The number of hydrogen-bond acceptors (Lipinski definition) is 5. The van der Waals surface area contributed by atoms with E-state index in [1.807, 2.05) is 31.2 Å². The molecule has 0 spiro atoms. The summed E-state index contributed by atoms with van der Waals surface area (Å²) in [6, 6.07) is 15.7. The Bertz CT molecular complexity index is 961. The molecule has 0 radical (unpaired) electrons. The number of rotatable bonds is 6. The summed E-state index contributed by atoms with van der Waals surface area (Å²) >= 11 is 0. The summed E-state index contributed by atoms with van der Waals surface area (Å²) in [7, 11) is 0. The molecule has 3 N–H and O–H groups in total. The van der Waals surface area contributed by atoms with Gasteiger partial charge in [-0.3, -0.25) is 9.89 Å². The molecule has 1 amide bonds. The third-order valence-electron chi connectivity index (χ3n) is 3.90. The van der Waals surface area contributed by atoms with Crippen LogP contribution >= 0.6 is 0 Å². The van der Waals surface area contributed by atoms with Crippen molar-refractivity contribution in [2.75, 3.05) is 6.61 Å². The van der Waals surface area contributed by atoms with Gasteiger partial charge in [0.25, 0.3) is 5.91 Å². The lowest BCUT2D eigenvalue weighted by atomic mass is 10.1. The maximum Gasteiger partial charge on any atom is 0.289 e. The Balaban J connectivity index is 1.74. The van der Waals surface area contributed by atoms with Gasteiger partial charge in [-0.25, -0.2) is 5.43 Å². The fraction of sp³-hybridized carbons (Fsp3) is 0.150. The fourth-order valence-electron chi connectivity index (χ4n) is 2.50. The first-order valence-electron chi connectivity index (χ1n) is 8.50. The molecule has 3 rings (SSSR count). The van der Waals surface area contributed by atoms with Crippen LogP contribution in [-0.2, 0) is 0 Å². The number of benzene rings is 2. The number of ether oxygens (including phenoxy) is 1. The molecule has 0 aliphatic rings. The first-order valence-corrected chi connectivity index (χ1v) is 8.50. The molecule has 0 saturated carbocycles. The SMILES string of the molecule is CCOc1ccccc1-c1cc(C(=O)NN=C(C)c2ccc(O)cc2)[nH]n1. The number of aromatic nitrogens is 2. The van der Waals surface area contributed by atoms with Crippen molar-refractivity contribution >= 4 is 11.6 Å². The first-order chi connectivity index (χ1) is 13.1. The molecule has 0 bridgehead atoms. The number of nitrogens with one attached hydrogen (secondary N) is 2. The van der Waals surface area contributed by atoms with Gasteiger partial charge in [0.05, 0.1) is 18.0 Å². The lowest BCUT2D eigenvalue weighted by molar-refractivity contribution is 0.0950. The van der Waals surface area contributed by atoms with Crippen LogP contribution in [-0.4, -0.2) is 33.5 Å². The molecule has 27 heavy (non-hydrogen) atoms. The summed E-state index contributed by atoms with van der Waals surface area (Å²) in [5.41, 5.74) is 5.62. The van der Waals surface area contributed by atoms with Gasteiger partial charge < -0.3 is 9.84 Å². The Morgan fingerprint density at radius 2 is 1.96 bits per heavy atom. The van der Waals surface area contributed by atoms with Crippen molar-refractivity contribution in [3.8, 4) is 22.8 Å². The molecule has 0 atom stereocenters. The lowest BCUT2D eigenvalue weighted by Crippen LogP contribution is -2.19. The number of aromatic amines is 1. The number of carbonyl (C=O) groups is 1. The summed E-state index contributed by atoms with van der Waals surface area (Å²) in [6.07, 6.45) is 0. The standard InChI is InChI=1S/C20H20N4O3/c1-3-27-19-7-5-4-6-16(19)17-12-18(23-22-17)20(26)24-21-13(2)14-8-10-15(25)11-9-14/h4-12,25H,3H2,1-2H3,(H,22,23)(H,24,26). The molecule has 2 aromatic carbocycles. The van der Waals surface area contributed by atoms with Crippen molar-refractivity contribution in [1.29, 1.82) is 0 Å². The van der Waals surface area contributed by atoms with Gasteiger partial charge in [0.15, 0.2) is 0 Å². The highest BCUT2D eigenvalue weighted by atomic mass is 16.5. The van der Waals surface area contributed by atoms with E-state index >= 15 is 0 Å². The second kappa shape index (κ2) is 8.18. The van der Waals surface area contributed by atoms with E-state index in [9.17, 15) is 9.90 Å². The van der Waals surface area contributed by atoms with Gasteiger partial charge in [-0.15, -0.1) is 0 Å². The zero-order valence-electron chi connectivity index (χ0n) is 15.1. The first kappa shape index (κ1) is 18.2. The molecule has 0 saturated heterocycles. The minimum atomic E-state index is -0.402. The Morgan fingerprint density at radius 3 is 2.70 bits per heavy atom. The van der Waals surface area contributed by atoms with E-state index in [1.54, 1.807) is 37.3 Å². The molecule has 0 unspecified atom stereocenters. The number of carbonyl (C=O) groups excluding carboxylic acids is 1. The average molecular weight is 364 g/mol. The van der Waals surface area contributed by atoms with Crippen LogP contribution in [0.1, 0.15) is 29.9 Å². The van der Waals surface area contributed by atoms with E-state index in [0.29, 0.717) is 29.5 Å². The zero-order valence-corrected chi connectivity index (χ0v) is 15.1. The molecule has 0 aliphatic carbocycles. The predicted molar refractivity (Wildman–Crippen MR) is 103 cm³/mol. The smallest absolute Gasteiger partial charge is 0.289 e. The summed E-state index contributed by atoms with van der Waals surface area (Å²) in [4.78, 5) is 12.3. The fourth-order valence-corrected chi connectivity index (χ4v) is 2.50. The molecular weight excluding hydrogens is 344 g/mol. The molecule has 7 heteroatoms. The molecule has 138 valence electrons. The number of H-pyrrole nitrogens is 1. The Morgan fingerprint density at radius 1 is 1.22 bits per heavy atom. The maximum absolute atomic E-state index is 12.3. The predicted octanol–water partition coefficient (Wildman–Crippen LogP) is 3.33. The zero-order chi connectivity index (χ0) is 19.2. The Labute approximate surface area is 156 Å². The van der Waals surface area contributed by atoms with Crippen molar-refractivity contribution in [3.63, 3.8) is 0 Å². The van der Waals surface area contributed by atoms with E-state index in [0.717, 1.165) is 11.1 Å². The number of phenols is 1. The molecule has 0 aliphatic heterocycles. The highest BCUT2D eigenvalue weighted by Crippen LogP contribution is 2.28. The van der Waals surface area contributed by atoms with Gasteiger partial charge >= 0.3 is 0 Å². The summed E-state index contributed by atoms with van der Waals surface area (Å²) in [5.74, 6) is 0.480. The van der Waals surface area contributed by atoms with Crippen molar-refractivity contribution in [1.82, 2.24) is 15.6 Å². The van der Waals surface area contributed by atoms with Crippen molar-refractivity contribution in [2.24, 2.45) is 5.10 Å². The second-order valence-electron chi connectivity index (χ2n) is 5.78. The Hall–Kier alpha value is -3.61. The lowest BCUT2D eigenvalue weighted by Gasteiger charge is -2.07. The van der Waals surface area contributed by atoms with Gasteiger partial charge in [-0.05, 0) is 61.9 Å². The second-order valence-corrected chi connectivity index (χ2v) is 5.78. The number of hydrogen-bond donors (Lipinski definition) is 3. The maximum atomic E-state index is 12.3. The number of nitrogens with zero attached hydrogens (tertiary/aromatic N) is 2. The van der Waals surface area contributed by atoms with E-state index < -0.39 is 5.91 Å². The van der Waals surface area contributed by atoms with Crippen molar-refractivity contribution in [2.45, 2.75) is 13.8 Å². The molecule has 1 heterocycles. The van der Waals surface area contributed by atoms with E-state index in [1.165, 1.54) is 0 Å². The largest absolute Gasteiger partial charge is 0.508 e. The monoisotopic (exact) mass is 364 g/mol. The van der Waals surface area contributed by atoms with Crippen LogP contribution in [0.15, 0.2) is 59.7 Å². The van der Waals surface area contributed by atoms with Crippen molar-refractivity contribution in [3.05, 3.63) is 65.9 Å². The Kier molecular flexibility index (Phi) is 5.51. The summed E-state index contributed by atoms with van der Waals surface area (Å²) in [5, 5.41) is 20.3. The third-order valence-corrected chi connectivity index (χ3v) is 3.90. The summed E-state index contributed by atoms with van der Waals surface area (Å²) in [6.45, 7) is 4.22. The number of para-hydroxylation sites is 1. The molecule has 0 fully saturated rings. The quantitative estimate of drug-likeness (QED) is 0.461. The highest BCUT2D eigenvalue weighted by Gasteiger charge is 2.13. The van der Waals surface area contributed by atoms with E-state index in [-0.39, 0.29) is 5.75 Å².